The van der Waals surface area contributed by atoms with Gasteiger partial charge >= 0.3 is 0 Å². The lowest BCUT2D eigenvalue weighted by atomic mass is 9.75. The Morgan fingerprint density at radius 2 is 2.20 bits per heavy atom. The summed E-state index contributed by atoms with van der Waals surface area (Å²) in [6, 6.07) is 0. The Morgan fingerprint density at radius 3 is 2.53 bits per heavy atom. The van der Waals surface area contributed by atoms with Crippen LogP contribution in [0.25, 0.3) is 0 Å². The van der Waals surface area contributed by atoms with Crippen molar-refractivity contribution in [1.82, 2.24) is 5.32 Å². The number of carbonyl (C=O) groups excluding carboxylic acids is 1. The number of carbonyl (C=O) groups is 1. The zero-order valence-electron chi connectivity index (χ0n) is 8.49. The second-order valence-electron chi connectivity index (χ2n) is 3.67. The van der Waals surface area contributed by atoms with Crippen molar-refractivity contribution in [3.05, 3.63) is 0 Å². The Balaban J connectivity index is 2.53. The van der Waals surface area contributed by atoms with Crippen molar-refractivity contribution in [1.29, 1.82) is 0 Å². The van der Waals surface area contributed by atoms with Crippen LogP contribution in [0.15, 0.2) is 0 Å². The van der Waals surface area contributed by atoms with Gasteiger partial charge in [0.05, 0.1) is 6.54 Å². The molecular formula is C9H14ClF2NO2. The SMILES string of the molecule is COC1(C(F)(F)CNC(=O)CCl)CCC1. The summed E-state index contributed by atoms with van der Waals surface area (Å²) in [4.78, 5) is 10.8. The van der Waals surface area contributed by atoms with Crippen LogP contribution in [0.1, 0.15) is 19.3 Å². The smallest absolute Gasteiger partial charge is 0.293 e. The van der Waals surface area contributed by atoms with E-state index in [1.165, 1.54) is 7.11 Å². The maximum Gasteiger partial charge on any atom is 0.293 e. The van der Waals surface area contributed by atoms with Crippen LogP contribution in [0, 0.1) is 0 Å². The molecule has 0 aromatic carbocycles. The highest BCUT2D eigenvalue weighted by atomic mass is 35.5. The van der Waals surface area contributed by atoms with Crippen molar-refractivity contribution in [2.75, 3.05) is 19.5 Å². The van der Waals surface area contributed by atoms with Gasteiger partial charge in [-0.3, -0.25) is 4.79 Å². The van der Waals surface area contributed by atoms with Gasteiger partial charge in [-0.05, 0) is 19.3 Å². The van der Waals surface area contributed by atoms with Gasteiger partial charge in [0.15, 0.2) is 0 Å². The van der Waals surface area contributed by atoms with Crippen LogP contribution in [0.3, 0.4) is 0 Å². The molecule has 0 heterocycles. The zero-order chi connectivity index (χ0) is 11.5. The first kappa shape index (κ1) is 12.6. The van der Waals surface area contributed by atoms with Gasteiger partial charge in [-0.25, -0.2) is 8.78 Å². The average molecular weight is 242 g/mol. The van der Waals surface area contributed by atoms with Gasteiger partial charge in [0.25, 0.3) is 5.92 Å². The minimum absolute atomic E-state index is 0.309. The molecule has 0 aromatic rings. The van der Waals surface area contributed by atoms with E-state index in [1.54, 1.807) is 0 Å². The molecule has 6 heteroatoms. The molecule has 1 aliphatic rings. The van der Waals surface area contributed by atoms with Gasteiger partial charge in [-0.15, -0.1) is 11.6 Å². The third-order valence-corrected chi connectivity index (χ3v) is 3.09. The number of amides is 1. The molecular weight excluding hydrogens is 228 g/mol. The van der Waals surface area contributed by atoms with Gasteiger partial charge in [-0.1, -0.05) is 0 Å². The van der Waals surface area contributed by atoms with E-state index < -0.39 is 24.0 Å². The highest BCUT2D eigenvalue weighted by Crippen LogP contribution is 2.46. The number of rotatable bonds is 5. The molecule has 15 heavy (non-hydrogen) atoms. The Labute approximate surface area is 92.1 Å². The topological polar surface area (TPSA) is 38.3 Å². The first-order valence-electron chi connectivity index (χ1n) is 4.73. The summed E-state index contributed by atoms with van der Waals surface area (Å²) in [6.45, 7) is -0.716. The van der Waals surface area contributed by atoms with Crippen molar-refractivity contribution >= 4 is 17.5 Å². The Kier molecular flexibility index (Phi) is 3.89. The van der Waals surface area contributed by atoms with E-state index in [4.69, 9.17) is 16.3 Å². The summed E-state index contributed by atoms with van der Waals surface area (Å²) < 4.78 is 32.1. The van der Waals surface area contributed by atoms with Crippen LogP contribution >= 0.6 is 11.6 Å². The average Bonchev–Trinajstić information content (AvgIpc) is 2.13. The third-order valence-electron chi connectivity index (χ3n) is 2.85. The van der Waals surface area contributed by atoms with E-state index in [2.05, 4.69) is 5.32 Å². The van der Waals surface area contributed by atoms with Crippen LogP contribution in [-0.4, -0.2) is 37.0 Å². The van der Waals surface area contributed by atoms with Crippen LogP contribution < -0.4 is 5.32 Å². The Bertz CT molecular complexity index is 239. The molecule has 0 aliphatic heterocycles. The number of methoxy groups -OCH3 is 1. The van der Waals surface area contributed by atoms with Gasteiger partial charge in [0.2, 0.25) is 5.91 Å². The second kappa shape index (κ2) is 4.61. The lowest BCUT2D eigenvalue weighted by Gasteiger charge is -2.45. The van der Waals surface area contributed by atoms with E-state index in [0.29, 0.717) is 12.8 Å². The van der Waals surface area contributed by atoms with E-state index in [1.807, 2.05) is 0 Å². The number of ether oxygens (including phenoxy) is 1. The first-order valence-corrected chi connectivity index (χ1v) is 5.26. The summed E-state index contributed by atoms with van der Waals surface area (Å²) in [5, 5.41) is 2.08. The molecule has 0 spiro atoms. The normalized spacial score (nSPS) is 19.5. The van der Waals surface area contributed by atoms with Crippen LogP contribution in [0.4, 0.5) is 8.78 Å². The van der Waals surface area contributed by atoms with Gasteiger partial charge in [-0.2, -0.15) is 0 Å². The molecule has 0 radical (unpaired) electrons. The monoisotopic (exact) mass is 241 g/mol. The fraction of sp³-hybridized carbons (Fsp3) is 0.889. The first-order chi connectivity index (χ1) is 6.97. The molecule has 1 aliphatic carbocycles. The van der Waals surface area contributed by atoms with Crippen molar-refractivity contribution < 1.29 is 18.3 Å². The number of hydrogen-bond acceptors (Lipinski definition) is 2. The summed E-state index contributed by atoms with van der Waals surface area (Å²) in [6.07, 6.45) is 1.38. The number of hydrogen-bond donors (Lipinski definition) is 1. The molecule has 1 rings (SSSR count). The molecule has 1 fully saturated rings. The molecule has 0 aromatic heterocycles. The van der Waals surface area contributed by atoms with Gasteiger partial charge < -0.3 is 10.1 Å². The predicted octanol–water partition coefficient (Wildman–Crippen LogP) is 1.55. The van der Waals surface area contributed by atoms with E-state index in [0.717, 1.165) is 6.42 Å². The fourth-order valence-corrected chi connectivity index (χ4v) is 1.73. The number of halogens is 3. The molecule has 0 atom stereocenters. The molecule has 0 unspecified atom stereocenters. The maximum absolute atomic E-state index is 13.6. The summed E-state index contributed by atoms with van der Waals surface area (Å²) in [5.74, 6) is -3.94. The van der Waals surface area contributed by atoms with Crippen LogP contribution in [0.5, 0.6) is 0 Å². The lowest BCUT2D eigenvalue weighted by Crippen LogP contribution is -2.59. The minimum Gasteiger partial charge on any atom is -0.372 e. The molecule has 1 N–H and O–H groups in total. The molecule has 3 nitrogen and oxygen atoms in total. The maximum atomic E-state index is 13.6. The number of alkyl halides is 3. The fourth-order valence-electron chi connectivity index (χ4n) is 1.64. The molecule has 1 amide bonds. The van der Waals surface area contributed by atoms with E-state index in [9.17, 15) is 13.6 Å². The number of nitrogens with one attached hydrogen (secondary N) is 1. The quantitative estimate of drug-likeness (QED) is 0.742. The van der Waals surface area contributed by atoms with Gasteiger partial charge in [0.1, 0.15) is 11.5 Å². The largest absolute Gasteiger partial charge is 0.372 e. The van der Waals surface area contributed by atoms with E-state index >= 15 is 0 Å². The summed E-state index contributed by atoms with van der Waals surface area (Å²) in [5.41, 5.74) is -1.40. The standard InChI is InChI=1S/C9H14ClF2NO2/c1-15-8(3-2-4-8)9(11,12)6-13-7(14)5-10/h2-6H2,1H3,(H,13,14). The van der Waals surface area contributed by atoms with Crippen molar-refractivity contribution in [3.8, 4) is 0 Å². The molecule has 0 bridgehead atoms. The van der Waals surface area contributed by atoms with Crippen molar-refractivity contribution in [2.24, 2.45) is 0 Å². The summed E-state index contributed by atoms with van der Waals surface area (Å²) >= 11 is 5.19. The third kappa shape index (κ3) is 2.39. The van der Waals surface area contributed by atoms with Crippen molar-refractivity contribution in [2.45, 2.75) is 30.8 Å². The Hall–Kier alpha value is -0.420. The van der Waals surface area contributed by atoms with E-state index in [-0.39, 0.29) is 5.88 Å². The zero-order valence-corrected chi connectivity index (χ0v) is 9.24. The minimum atomic E-state index is -3.04. The predicted molar refractivity (Wildman–Crippen MR) is 52.3 cm³/mol. The highest BCUT2D eigenvalue weighted by molar-refractivity contribution is 6.27. The van der Waals surface area contributed by atoms with Gasteiger partial charge in [0, 0.05) is 7.11 Å². The highest BCUT2D eigenvalue weighted by Gasteiger charge is 2.57. The molecule has 1 saturated carbocycles. The van der Waals surface area contributed by atoms with Crippen LogP contribution in [0.2, 0.25) is 0 Å². The molecule has 0 saturated heterocycles. The summed E-state index contributed by atoms with van der Waals surface area (Å²) in [7, 11) is 1.27. The second-order valence-corrected chi connectivity index (χ2v) is 3.93. The lowest BCUT2D eigenvalue weighted by molar-refractivity contribution is -0.228. The molecule has 88 valence electrons. The Morgan fingerprint density at radius 1 is 1.60 bits per heavy atom. The van der Waals surface area contributed by atoms with Crippen LogP contribution in [-0.2, 0) is 9.53 Å². The van der Waals surface area contributed by atoms with Crippen molar-refractivity contribution in [3.63, 3.8) is 0 Å².